The van der Waals surface area contributed by atoms with Crippen LogP contribution < -0.4 is 11.2 Å². The van der Waals surface area contributed by atoms with Crippen LogP contribution in [0.2, 0.25) is 0 Å². The number of thioether (sulfide) groups is 1. The molecule has 1 fully saturated rings. The highest BCUT2D eigenvalue weighted by molar-refractivity contribution is 8.15. The zero-order chi connectivity index (χ0) is 22.7. The zero-order valence-electron chi connectivity index (χ0n) is 18.2. The third-order valence-electron chi connectivity index (χ3n) is 5.65. The molecule has 1 saturated heterocycles. The number of para-hydroxylation sites is 1. The van der Waals surface area contributed by atoms with E-state index in [4.69, 9.17) is 0 Å². The molecule has 2 heterocycles. The molecule has 0 unspecified atom stereocenters. The number of aromatic hydroxyl groups is 1. The Bertz CT molecular complexity index is 1100. The Morgan fingerprint density at radius 1 is 1.10 bits per heavy atom. The Balaban J connectivity index is 2.00. The number of piperidine rings is 1. The Labute approximate surface area is 185 Å². The number of likely N-dealkylation sites (tertiary alicyclic amines) is 1. The van der Waals surface area contributed by atoms with Crippen molar-refractivity contribution in [3.63, 3.8) is 0 Å². The van der Waals surface area contributed by atoms with Gasteiger partial charge in [0.1, 0.15) is 10.6 Å². The molecule has 3 rings (SSSR count). The molecule has 31 heavy (non-hydrogen) atoms. The van der Waals surface area contributed by atoms with E-state index in [2.05, 4.69) is 4.99 Å². The largest absolute Gasteiger partial charge is 0.494 e. The van der Waals surface area contributed by atoms with Gasteiger partial charge in [-0.2, -0.15) is 0 Å². The smallest absolute Gasteiger partial charge is 0.333 e. The van der Waals surface area contributed by atoms with Gasteiger partial charge < -0.3 is 10.0 Å². The van der Waals surface area contributed by atoms with Gasteiger partial charge in [0.05, 0.1) is 11.4 Å². The number of aromatic nitrogens is 2. The van der Waals surface area contributed by atoms with Gasteiger partial charge >= 0.3 is 5.69 Å². The van der Waals surface area contributed by atoms with Crippen LogP contribution in [0.1, 0.15) is 38.7 Å². The first-order valence-electron chi connectivity index (χ1n) is 10.3. The van der Waals surface area contributed by atoms with Crippen molar-refractivity contribution in [1.29, 1.82) is 0 Å². The van der Waals surface area contributed by atoms with Crippen LogP contribution >= 0.6 is 11.8 Å². The quantitative estimate of drug-likeness (QED) is 0.577. The summed E-state index contributed by atoms with van der Waals surface area (Å²) in [6.07, 6.45) is 3.03. The average Bonchev–Trinajstić information content (AvgIpc) is 2.75. The van der Waals surface area contributed by atoms with E-state index in [1.54, 1.807) is 12.1 Å². The maximum atomic E-state index is 13.0. The van der Waals surface area contributed by atoms with Crippen LogP contribution in [0.4, 0.5) is 5.69 Å². The topological polar surface area (TPSA) is 96.9 Å². The highest BCUT2D eigenvalue weighted by Crippen LogP contribution is 2.26. The lowest BCUT2D eigenvalue weighted by atomic mass is 9.98. The molecule has 0 radical (unpaired) electrons. The molecule has 1 aliphatic heterocycles. The third kappa shape index (κ3) is 4.76. The van der Waals surface area contributed by atoms with Crippen molar-refractivity contribution in [3.05, 3.63) is 56.7 Å². The second-order valence-corrected chi connectivity index (χ2v) is 8.84. The van der Waals surface area contributed by atoms with E-state index < -0.39 is 17.1 Å². The van der Waals surface area contributed by atoms with E-state index in [-0.39, 0.29) is 34.4 Å². The minimum Gasteiger partial charge on any atom is -0.494 e. The number of nitrogens with zero attached hydrogens (tertiary/aromatic N) is 4. The number of carbonyl (C=O) groups excluding carboxylic acids is 1. The maximum absolute atomic E-state index is 13.0. The summed E-state index contributed by atoms with van der Waals surface area (Å²) in [5, 5.41) is 10.8. The third-order valence-corrected chi connectivity index (χ3v) is 6.61. The lowest BCUT2D eigenvalue weighted by Crippen LogP contribution is -2.48. The van der Waals surface area contributed by atoms with E-state index in [0.717, 1.165) is 40.2 Å². The van der Waals surface area contributed by atoms with Gasteiger partial charge in [0.25, 0.3) is 5.56 Å². The van der Waals surface area contributed by atoms with E-state index in [1.807, 2.05) is 36.9 Å². The van der Waals surface area contributed by atoms with Crippen LogP contribution in [0, 0.1) is 0 Å². The lowest BCUT2D eigenvalue weighted by Gasteiger charge is -2.39. The number of hydrogen-bond donors (Lipinski definition) is 1. The van der Waals surface area contributed by atoms with Crippen molar-refractivity contribution in [2.24, 2.45) is 19.1 Å². The van der Waals surface area contributed by atoms with Crippen LogP contribution in [0.5, 0.6) is 5.88 Å². The van der Waals surface area contributed by atoms with Crippen LogP contribution in [0.3, 0.4) is 0 Å². The van der Waals surface area contributed by atoms with Crippen molar-refractivity contribution in [3.8, 4) is 5.88 Å². The van der Waals surface area contributed by atoms with E-state index >= 15 is 0 Å². The fourth-order valence-electron chi connectivity index (χ4n) is 3.92. The van der Waals surface area contributed by atoms with Gasteiger partial charge in [-0.15, -0.1) is 0 Å². The molecule has 1 aromatic carbocycles. The molecule has 0 saturated carbocycles. The summed E-state index contributed by atoms with van der Waals surface area (Å²) in [4.78, 5) is 44.4. The van der Waals surface area contributed by atoms with Gasteiger partial charge in [-0.05, 0) is 45.2 Å². The maximum Gasteiger partial charge on any atom is 0.333 e. The van der Waals surface area contributed by atoms with Crippen molar-refractivity contribution < 1.29 is 9.90 Å². The molecule has 9 heteroatoms. The standard InChI is InChI=1S/C22H28N4O4S/c1-14-9-8-10-15(2)26(14)17(27)13-31-19(23-16-11-6-5-7-12-16)18-20(28)24(3)22(30)25(4)21(18)29/h5-7,11-12,14-15,28H,8-10,13H2,1-4H3/t14-,15-/m1/s1. The van der Waals surface area contributed by atoms with Crippen molar-refractivity contribution >= 4 is 28.4 Å². The molecule has 0 bridgehead atoms. The van der Waals surface area contributed by atoms with E-state index in [9.17, 15) is 19.5 Å². The summed E-state index contributed by atoms with van der Waals surface area (Å²) >= 11 is 1.10. The molecule has 1 aliphatic rings. The zero-order valence-corrected chi connectivity index (χ0v) is 19.1. The Morgan fingerprint density at radius 2 is 1.71 bits per heavy atom. The number of hydrogen-bond acceptors (Lipinski definition) is 6. The van der Waals surface area contributed by atoms with Crippen LogP contribution in [0.15, 0.2) is 44.9 Å². The number of amides is 1. The average molecular weight is 445 g/mol. The normalized spacial score (nSPS) is 19.5. The Kier molecular flexibility index (Phi) is 7.04. The molecule has 8 nitrogen and oxygen atoms in total. The first-order chi connectivity index (χ1) is 14.7. The first-order valence-corrected chi connectivity index (χ1v) is 11.3. The number of aliphatic imine (C=N–C) groups is 1. The van der Waals surface area contributed by atoms with E-state index in [1.165, 1.54) is 14.1 Å². The molecule has 2 aromatic rings. The van der Waals surface area contributed by atoms with Crippen molar-refractivity contribution in [1.82, 2.24) is 14.0 Å². The van der Waals surface area contributed by atoms with Crippen molar-refractivity contribution in [2.75, 3.05) is 5.75 Å². The number of rotatable bonds is 4. The van der Waals surface area contributed by atoms with Gasteiger partial charge in [-0.1, -0.05) is 30.0 Å². The minimum atomic E-state index is -0.657. The molecule has 0 spiro atoms. The molecule has 166 valence electrons. The number of benzene rings is 1. The molecular formula is C22H28N4O4S. The fraction of sp³-hybridized carbons (Fsp3) is 0.455. The monoisotopic (exact) mass is 444 g/mol. The predicted molar refractivity (Wildman–Crippen MR) is 123 cm³/mol. The van der Waals surface area contributed by atoms with Crippen LogP contribution in [0.25, 0.3) is 0 Å². The van der Waals surface area contributed by atoms with Gasteiger partial charge in [-0.25, -0.2) is 9.79 Å². The summed E-state index contributed by atoms with van der Waals surface area (Å²) < 4.78 is 1.92. The van der Waals surface area contributed by atoms with Gasteiger partial charge in [-0.3, -0.25) is 18.7 Å². The summed E-state index contributed by atoms with van der Waals surface area (Å²) in [7, 11) is 2.73. The Hall–Kier alpha value is -2.81. The SMILES string of the molecule is C[C@@H]1CCC[C@@H](C)N1C(=O)CSC(=Nc1ccccc1)c1c(O)n(C)c(=O)n(C)c1=O. The fourth-order valence-corrected chi connectivity index (χ4v) is 4.82. The van der Waals surface area contributed by atoms with Gasteiger partial charge in [0.2, 0.25) is 11.8 Å². The van der Waals surface area contributed by atoms with Crippen LogP contribution in [-0.4, -0.2) is 47.9 Å². The van der Waals surface area contributed by atoms with Gasteiger partial charge in [0, 0.05) is 26.2 Å². The summed E-state index contributed by atoms with van der Waals surface area (Å²) in [6.45, 7) is 4.09. The summed E-state index contributed by atoms with van der Waals surface area (Å²) in [6, 6.07) is 9.30. The highest BCUT2D eigenvalue weighted by atomic mass is 32.2. The molecule has 1 N–H and O–H groups in total. The molecule has 0 aliphatic carbocycles. The summed E-state index contributed by atoms with van der Waals surface area (Å²) in [5.41, 5.74) is -0.809. The molecule has 2 atom stereocenters. The second kappa shape index (κ2) is 9.55. The predicted octanol–water partition coefficient (Wildman–Crippen LogP) is 2.39. The van der Waals surface area contributed by atoms with Gasteiger partial charge in [0.15, 0.2) is 0 Å². The second-order valence-electron chi connectivity index (χ2n) is 7.88. The summed E-state index contributed by atoms with van der Waals surface area (Å²) in [5.74, 6) is -0.430. The van der Waals surface area contributed by atoms with E-state index in [0.29, 0.717) is 5.69 Å². The molecule has 1 amide bonds. The van der Waals surface area contributed by atoms with Crippen LogP contribution in [-0.2, 0) is 18.9 Å². The Morgan fingerprint density at radius 3 is 2.32 bits per heavy atom. The van der Waals surface area contributed by atoms with Crippen molar-refractivity contribution in [2.45, 2.75) is 45.2 Å². The highest BCUT2D eigenvalue weighted by Gasteiger charge is 2.30. The lowest BCUT2D eigenvalue weighted by molar-refractivity contribution is -0.134. The molecular weight excluding hydrogens is 416 g/mol. The minimum absolute atomic E-state index is 0.0356. The molecule has 1 aromatic heterocycles. The number of carbonyl (C=O) groups is 1. The first kappa shape index (κ1) is 22.9.